The van der Waals surface area contributed by atoms with E-state index in [9.17, 15) is 9.90 Å². The molecule has 180 valence electrons. The van der Waals surface area contributed by atoms with Gasteiger partial charge in [-0.15, -0.1) is 0 Å². The van der Waals surface area contributed by atoms with E-state index < -0.39 is 6.03 Å². The second-order valence-electron chi connectivity index (χ2n) is 7.80. The van der Waals surface area contributed by atoms with E-state index in [-0.39, 0.29) is 5.88 Å². The zero-order valence-corrected chi connectivity index (χ0v) is 19.9. The Labute approximate surface area is 203 Å². The van der Waals surface area contributed by atoms with E-state index in [1.54, 1.807) is 31.3 Å². The molecule has 4 N–H and O–H groups in total. The number of fused-ring (bicyclic) bond motifs is 1. The van der Waals surface area contributed by atoms with Crippen LogP contribution in [0.4, 0.5) is 16.2 Å². The molecule has 1 aromatic heterocycles. The molecule has 0 atom stereocenters. The third-order valence-electron chi connectivity index (χ3n) is 5.54. The van der Waals surface area contributed by atoms with E-state index in [1.807, 2.05) is 56.3 Å². The van der Waals surface area contributed by atoms with Crippen LogP contribution >= 0.6 is 0 Å². The number of H-pyrrole nitrogens is 1. The maximum Gasteiger partial charge on any atom is 0.318 e. The first kappa shape index (κ1) is 23.7. The summed E-state index contributed by atoms with van der Waals surface area (Å²) >= 11 is 0. The third-order valence-corrected chi connectivity index (χ3v) is 5.54. The Hall–Kier alpha value is -4.46. The molecule has 0 saturated carbocycles. The second-order valence-corrected chi connectivity index (χ2v) is 7.80. The Balaban J connectivity index is 1.89. The standard InChI is InChI=1S/C27H28N4O4/c1-4-34-22-15-20-21(16-23(22)35-5-2)30-26(32)24(20)25(17-9-7-6-8-10-17)29-18-11-13-19(14-12-18)31(3)27(28)33/h6-16,30,32H,4-5H2,1-3H3,(H2,28,33). The van der Waals surface area contributed by atoms with Crippen LogP contribution in [0.15, 0.2) is 71.7 Å². The van der Waals surface area contributed by atoms with E-state index in [0.29, 0.717) is 52.9 Å². The number of carbonyl (C=O) groups excluding carboxylic acids is 1. The Kier molecular flexibility index (Phi) is 6.91. The number of aromatic hydroxyl groups is 1. The highest BCUT2D eigenvalue weighted by Crippen LogP contribution is 2.38. The molecule has 8 nitrogen and oxygen atoms in total. The highest BCUT2D eigenvalue weighted by molar-refractivity contribution is 6.22. The number of nitrogens with one attached hydrogen (secondary N) is 1. The van der Waals surface area contributed by atoms with Crippen LogP contribution in [0.3, 0.4) is 0 Å². The van der Waals surface area contributed by atoms with Crippen molar-refractivity contribution in [2.45, 2.75) is 13.8 Å². The largest absolute Gasteiger partial charge is 0.494 e. The van der Waals surface area contributed by atoms with Gasteiger partial charge < -0.3 is 25.3 Å². The number of nitrogens with zero attached hydrogens (tertiary/aromatic N) is 2. The molecule has 4 aromatic rings. The fraction of sp³-hybridized carbons (Fsp3) is 0.185. The lowest BCUT2D eigenvalue weighted by molar-refractivity contribution is 0.255. The second kappa shape index (κ2) is 10.2. The first-order chi connectivity index (χ1) is 16.9. The molecule has 0 radical (unpaired) electrons. The highest BCUT2D eigenvalue weighted by atomic mass is 16.5. The number of hydrogen-bond donors (Lipinski definition) is 3. The highest BCUT2D eigenvalue weighted by Gasteiger charge is 2.21. The van der Waals surface area contributed by atoms with Crippen molar-refractivity contribution in [3.05, 3.63) is 77.9 Å². The lowest BCUT2D eigenvalue weighted by Gasteiger charge is -2.14. The van der Waals surface area contributed by atoms with Crippen LogP contribution in [0.2, 0.25) is 0 Å². The van der Waals surface area contributed by atoms with Crippen LogP contribution in [0.5, 0.6) is 17.4 Å². The van der Waals surface area contributed by atoms with Gasteiger partial charge >= 0.3 is 6.03 Å². The summed E-state index contributed by atoms with van der Waals surface area (Å²) in [5.74, 6) is 1.18. The summed E-state index contributed by atoms with van der Waals surface area (Å²) in [5, 5.41) is 11.7. The van der Waals surface area contributed by atoms with Crippen molar-refractivity contribution in [3.8, 4) is 17.4 Å². The molecule has 0 spiro atoms. The van der Waals surface area contributed by atoms with Gasteiger partial charge in [0.2, 0.25) is 0 Å². The van der Waals surface area contributed by atoms with Gasteiger partial charge in [0.05, 0.1) is 35.7 Å². The fourth-order valence-electron chi connectivity index (χ4n) is 3.83. The smallest absolute Gasteiger partial charge is 0.318 e. The number of rotatable bonds is 8. The Bertz CT molecular complexity index is 1360. The number of carbonyl (C=O) groups is 1. The Morgan fingerprint density at radius 3 is 2.23 bits per heavy atom. The van der Waals surface area contributed by atoms with Gasteiger partial charge in [-0.2, -0.15) is 0 Å². The van der Waals surface area contributed by atoms with Crippen LogP contribution in [0, 0.1) is 0 Å². The molecule has 2 amide bonds. The number of anilines is 1. The maximum atomic E-state index is 11.5. The van der Waals surface area contributed by atoms with Crippen molar-refractivity contribution < 1.29 is 19.4 Å². The number of primary amides is 1. The summed E-state index contributed by atoms with van der Waals surface area (Å²) in [5.41, 5.74) is 9.33. The van der Waals surface area contributed by atoms with E-state index in [2.05, 4.69) is 4.98 Å². The van der Waals surface area contributed by atoms with Gasteiger partial charge in [-0.1, -0.05) is 30.3 Å². The van der Waals surface area contributed by atoms with Crippen molar-refractivity contribution in [2.75, 3.05) is 25.2 Å². The number of benzene rings is 3. The molecule has 35 heavy (non-hydrogen) atoms. The lowest BCUT2D eigenvalue weighted by atomic mass is 10.0. The van der Waals surface area contributed by atoms with Crippen molar-refractivity contribution in [3.63, 3.8) is 0 Å². The molecule has 0 fully saturated rings. The van der Waals surface area contributed by atoms with Gasteiger partial charge in [-0.05, 0) is 44.2 Å². The summed E-state index contributed by atoms with van der Waals surface area (Å²) in [6.45, 7) is 4.78. The number of aromatic amines is 1. The predicted molar refractivity (Wildman–Crippen MR) is 138 cm³/mol. The summed E-state index contributed by atoms with van der Waals surface area (Å²) in [6.07, 6.45) is 0. The average molecular weight is 473 g/mol. The molecule has 0 saturated heterocycles. The number of amides is 2. The van der Waals surface area contributed by atoms with Crippen LogP contribution < -0.4 is 20.1 Å². The molecule has 0 aliphatic heterocycles. The number of aliphatic imine (C=N–C) groups is 1. The van der Waals surface area contributed by atoms with Crippen LogP contribution in [-0.4, -0.2) is 42.1 Å². The van der Waals surface area contributed by atoms with Crippen molar-refractivity contribution in [1.82, 2.24) is 4.98 Å². The summed E-state index contributed by atoms with van der Waals surface area (Å²) in [4.78, 5) is 20.8. The number of ether oxygens (including phenoxy) is 2. The first-order valence-corrected chi connectivity index (χ1v) is 11.3. The van der Waals surface area contributed by atoms with Crippen LogP contribution in [0.25, 0.3) is 10.9 Å². The SMILES string of the molecule is CCOc1cc2[nH]c(O)c(C(=Nc3ccc(N(C)C(N)=O)cc3)c3ccccc3)c2cc1OCC. The number of nitrogens with two attached hydrogens (primary N) is 1. The molecule has 0 bridgehead atoms. The summed E-state index contributed by atoms with van der Waals surface area (Å²) < 4.78 is 11.6. The normalized spacial score (nSPS) is 11.5. The van der Waals surface area contributed by atoms with Gasteiger partial charge in [0, 0.05) is 29.8 Å². The van der Waals surface area contributed by atoms with Crippen molar-refractivity contribution in [1.29, 1.82) is 0 Å². The summed E-state index contributed by atoms with van der Waals surface area (Å²) in [7, 11) is 1.60. The number of hydrogen-bond acceptors (Lipinski definition) is 5. The van der Waals surface area contributed by atoms with Gasteiger partial charge in [0.15, 0.2) is 17.4 Å². The first-order valence-electron chi connectivity index (χ1n) is 11.3. The number of urea groups is 1. The fourth-order valence-corrected chi connectivity index (χ4v) is 3.83. The number of aromatic nitrogens is 1. The topological polar surface area (TPSA) is 113 Å². The minimum atomic E-state index is -0.550. The molecule has 0 aliphatic rings. The van der Waals surface area contributed by atoms with E-state index in [1.165, 1.54) is 4.90 Å². The van der Waals surface area contributed by atoms with Gasteiger partial charge in [-0.3, -0.25) is 4.90 Å². The van der Waals surface area contributed by atoms with Crippen LogP contribution in [-0.2, 0) is 0 Å². The molecule has 0 unspecified atom stereocenters. The minimum Gasteiger partial charge on any atom is -0.494 e. The molecule has 3 aromatic carbocycles. The maximum absolute atomic E-state index is 11.5. The third kappa shape index (κ3) is 4.91. The predicted octanol–water partition coefficient (Wildman–Crippen LogP) is 5.35. The molecule has 8 heteroatoms. The molecular weight excluding hydrogens is 444 g/mol. The van der Waals surface area contributed by atoms with Crippen LogP contribution in [0.1, 0.15) is 25.0 Å². The molecule has 0 aliphatic carbocycles. The van der Waals surface area contributed by atoms with Crippen molar-refractivity contribution in [2.24, 2.45) is 10.7 Å². The van der Waals surface area contributed by atoms with Gasteiger partial charge in [0.25, 0.3) is 0 Å². The lowest BCUT2D eigenvalue weighted by Crippen LogP contribution is -2.31. The van der Waals surface area contributed by atoms with E-state index >= 15 is 0 Å². The zero-order valence-electron chi connectivity index (χ0n) is 19.9. The Morgan fingerprint density at radius 2 is 1.63 bits per heavy atom. The zero-order chi connectivity index (χ0) is 24.9. The quantitative estimate of drug-likeness (QED) is 0.300. The van der Waals surface area contributed by atoms with Gasteiger partial charge in [-0.25, -0.2) is 9.79 Å². The van der Waals surface area contributed by atoms with Crippen molar-refractivity contribution >= 4 is 34.0 Å². The minimum absolute atomic E-state index is 0.0104. The summed E-state index contributed by atoms with van der Waals surface area (Å²) in [6, 6.07) is 19.9. The van der Waals surface area contributed by atoms with Gasteiger partial charge in [0.1, 0.15) is 0 Å². The monoisotopic (exact) mass is 472 g/mol. The average Bonchev–Trinajstić information content (AvgIpc) is 3.17. The molecule has 1 heterocycles. The van der Waals surface area contributed by atoms with E-state index in [0.717, 1.165) is 10.9 Å². The Morgan fingerprint density at radius 1 is 1.00 bits per heavy atom. The van der Waals surface area contributed by atoms with E-state index in [4.69, 9.17) is 20.2 Å². The molecular formula is C27H28N4O4. The molecule has 4 rings (SSSR count).